The molecule has 2 aliphatic rings. The Morgan fingerprint density at radius 3 is 2.77 bits per heavy atom. The van der Waals surface area contributed by atoms with E-state index in [4.69, 9.17) is 0 Å². The Morgan fingerprint density at radius 1 is 1.10 bits per heavy atom. The van der Waals surface area contributed by atoms with Gasteiger partial charge in [0.05, 0.1) is 17.4 Å². The van der Waals surface area contributed by atoms with Crippen molar-refractivity contribution in [3.8, 4) is 0 Å². The predicted molar refractivity (Wildman–Crippen MR) is 117 cm³/mol. The fraction of sp³-hybridized carbons (Fsp3) is 0.375. The van der Waals surface area contributed by atoms with Crippen molar-refractivity contribution in [2.45, 2.75) is 51.2 Å². The lowest BCUT2D eigenvalue weighted by atomic mass is 10.1. The van der Waals surface area contributed by atoms with Crippen molar-refractivity contribution in [2.75, 3.05) is 0 Å². The average molecular weight is 399 g/mol. The summed E-state index contributed by atoms with van der Waals surface area (Å²) >= 11 is 0. The molecule has 30 heavy (non-hydrogen) atoms. The van der Waals surface area contributed by atoms with Crippen LogP contribution in [0, 0.1) is 6.92 Å². The maximum atomic E-state index is 12.9. The van der Waals surface area contributed by atoms with E-state index in [1.54, 1.807) is 11.6 Å². The molecule has 0 radical (unpaired) electrons. The van der Waals surface area contributed by atoms with Crippen LogP contribution in [0.15, 0.2) is 47.3 Å². The third-order valence-corrected chi connectivity index (χ3v) is 6.78. The number of aromatic nitrogens is 4. The van der Waals surface area contributed by atoms with Crippen molar-refractivity contribution in [3.05, 3.63) is 75.3 Å². The largest absolute Gasteiger partial charge is 0.286 e. The van der Waals surface area contributed by atoms with E-state index in [0.29, 0.717) is 17.9 Å². The number of fused-ring (bicyclic) bond motifs is 4. The normalized spacial score (nSPS) is 18.6. The molecular weight excluding hydrogens is 374 g/mol. The van der Waals surface area contributed by atoms with Gasteiger partial charge in [-0.05, 0) is 55.9 Å². The van der Waals surface area contributed by atoms with Gasteiger partial charge < -0.3 is 0 Å². The number of aryl methyl sites for hydroxylation is 3. The minimum atomic E-state index is -0.0241. The van der Waals surface area contributed by atoms with Gasteiger partial charge in [0.1, 0.15) is 0 Å². The van der Waals surface area contributed by atoms with E-state index in [9.17, 15) is 4.79 Å². The number of nitrogens with zero attached hydrogens (tertiary/aromatic N) is 5. The Kier molecular flexibility index (Phi) is 3.87. The van der Waals surface area contributed by atoms with Crippen LogP contribution in [0.25, 0.3) is 16.7 Å². The second-order valence-corrected chi connectivity index (χ2v) is 8.79. The number of hydrogen-bond donors (Lipinski definition) is 0. The topological polar surface area (TPSA) is 55.4 Å². The van der Waals surface area contributed by atoms with E-state index in [2.05, 4.69) is 49.8 Å². The molecule has 0 aliphatic heterocycles. The Morgan fingerprint density at radius 2 is 1.93 bits per heavy atom. The first-order chi connectivity index (χ1) is 14.6. The van der Waals surface area contributed by atoms with Crippen LogP contribution < -0.4 is 5.56 Å². The van der Waals surface area contributed by atoms with Crippen LogP contribution in [0.1, 0.15) is 47.8 Å². The van der Waals surface area contributed by atoms with Crippen molar-refractivity contribution < 1.29 is 0 Å². The van der Waals surface area contributed by atoms with Gasteiger partial charge in [0.25, 0.3) is 5.56 Å². The Bertz CT molecular complexity index is 1350. The molecule has 2 heterocycles. The lowest BCUT2D eigenvalue weighted by Crippen LogP contribution is -2.30. The highest BCUT2D eigenvalue weighted by atomic mass is 16.1. The first kappa shape index (κ1) is 17.8. The van der Waals surface area contributed by atoms with Crippen molar-refractivity contribution in [3.63, 3.8) is 0 Å². The van der Waals surface area contributed by atoms with Gasteiger partial charge in [-0.15, -0.1) is 10.2 Å². The molecular formula is C24H25N5O. The third kappa shape index (κ3) is 2.63. The molecule has 2 aliphatic carbocycles. The van der Waals surface area contributed by atoms with Crippen LogP contribution >= 0.6 is 0 Å². The summed E-state index contributed by atoms with van der Waals surface area (Å²) < 4.78 is 3.69. The molecule has 6 nitrogen and oxygen atoms in total. The highest BCUT2D eigenvalue weighted by molar-refractivity contribution is 5.81. The Hall–Kier alpha value is -2.99. The minimum absolute atomic E-state index is 0.0241. The second-order valence-electron chi connectivity index (χ2n) is 8.79. The summed E-state index contributed by atoms with van der Waals surface area (Å²) in [5, 5.41) is 9.68. The summed E-state index contributed by atoms with van der Waals surface area (Å²) in [4.78, 5) is 15.5. The van der Waals surface area contributed by atoms with E-state index >= 15 is 0 Å². The van der Waals surface area contributed by atoms with E-state index in [1.165, 1.54) is 24.0 Å². The minimum Gasteiger partial charge on any atom is -0.286 e. The maximum Gasteiger partial charge on any atom is 0.262 e. The number of hydrogen-bond acceptors (Lipinski definition) is 4. The van der Waals surface area contributed by atoms with Crippen LogP contribution in [-0.2, 0) is 20.0 Å². The summed E-state index contributed by atoms with van der Waals surface area (Å²) in [6.45, 7) is 2.76. The second kappa shape index (κ2) is 6.51. The first-order valence-corrected chi connectivity index (χ1v) is 10.8. The zero-order valence-corrected chi connectivity index (χ0v) is 17.4. The summed E-state index contributed by atoms with van der Waals surface area (Å²) in [6.07, 6.45) is 4.79. The fourth-order valence-corrected chi connectivity index (χ4v) is 5.10. The lowest BCUT2D eigenvalue weighted by molar-refractivity contribution is 0.172. The molecule has 1 atom stereocenters. The molecule has 6 heteroatoms. The third-order valence-electron chi connectivity index (χ3n) is 6.78. The first-order valence-electron chi connectivity index (χ1n) is 10.8. The van der Waals surface area contributed by atoms with Crippen molar-refractivity contribution >= 4 is 16.7 Å². The van der Waals surface area contributed by atoms with Gasteiger partial charge in [-0.25, -0.2) is 0 Å². The van der Waals surface area contributed by atoms with Crippen molar-refractivity contribution in [2.24, 2.45) is 7.05 Å². The molecule has 1 saturated carbocycles. The van der Waals surface area contributed by atoms with Crippen LogP contribution in [0.4, 0.5) is 0 Å². The number of benzene rings is 2. The van der Waals surface area contributed by atoms with Crippen LogP contribution in [-0.4, -0.2) is 30.1 Å². The fourth-order valence-electron chi connectivity index (χ4n) is 5.10. The highest BCUT2D eigenvalue weighted by Gasteiger charge is 2.38. The molecule has 2 aromatic heterocycles. The summed E-state index contributed by atoms with van der Waals surface area (Å²) in [7, 11) is 1.78. The predicted octanol–water partition coefficient (Wildman–Crippen LogP) is 3.54. The quantitative estimate of drug-likeness (QED) is 0.527. The molecule has 1 fully saturated rings. The molecule has 0 bridgehead atoms. The maximum absolute atomic E-state index is 12.9. The average Bonchev–Trinajstić information content (AvgIpc) is 3.37. The monoisotopic (exact) mass is 399 g/mol. The molecule has 4 aromatic rings. The summed E-state index contributed by atoms with van der Waals surface area (Å²) in [5.74, 6) is 1.51. The van der Waals surface area contributed by atoms with E-state index < -0.39 is 0 Å². The zero-order valence-electron chi connectivity index (χ0n) is 17.4. The Labute approximate surface area is 174 Å². The molecule has 0 saturated heterocycles. The van der Waals surface area contributed by atoms with Gasteiger partial charge >= 0.3 is 0 Å². The van der Waals surface area contributed by atoms with E-state index in [0.717, 1.165) is 41.7 Å². The summed E-state index contributed by atoms with van der Waals surface area (Å²) in [5.41, 5.74) is 4.88. The molecule has 2 aromatic carbocycles. The molecule has 0 N–H and O–H groups in total. The molecule has 1 unspecified atom stereocenters. The lowest BCUT2D eigenvalue weighted by Gasteiger charge is -2.29. The Balaban J connectivity index is 1.49. The van der Waals surface area contributed by atoms with Crippen LogP contribution in [0.3, 0.4) is 0 Å². The van der Waals surface area contributed by atoms with Crippen LogP contribution in [0.2, 0.25) is 0 Å². The SMILES string of the molecule is Cc1ccc2c(c1)c(=O)n(C)c1nnc(CN(C3CC3)C3CCc4ccccc43)n21. The molecule has 0 amide bonds. The van der Waals surface area contributed by atoms with Gasteiger partial charge in [-0.2, -0.15) is 0 Å². The summed E-state index contributed by atoms with van der Waals surface area (Å²) in [6, 6.07) is 15.9. The van der Waals surface area contributed by atoms with Gasteiger partial charge in [0.2, 0.25) is 5.78 Å². The van der Waals surface area contributed by atoms with Gasteiger partial charge in [0.15, 0.2) is 5.82 Å². The molecule has 152 valence electrons. The van der Waals surface area contributed by atoms with E-state index in [1.807, 2.05) is 19.1 Å². The van der Waals surface area contributed by atoms with E-state index in [-0.39, 0.29) is 5.56 Å². The van der Waals surface area contributed by atoms with Crippen LogP contribution in [0.5, 0.6) is 0 Å². The highest BCUT2D eigenvalue weighted by Crippen LogP contribution is 2.42. The smallest absolute Gasteiger partial charge is 0.262 e. The van der Waals surface area contributed by atoms with Gasteiger partial charge in [-0.3, -0.25) is 18.7 Å². The van der Waals surface area contributed by atoms with Crippen molar-refractivity contribution in [1.29, 1.82) is 0 Å². The molecule has 6 rings (SSSR count). The number of rotatable bonds is 4. The molecule has 0 spiro atoms. The van der Waals surface area contributed by atoms with Crippen molar-refractivity contribution in [1.82, 2.24) is 24.1 Å². The van der Waals surface area contributed by atoms with Gasteiger partial charge in [-0.1, -0.05) is 35.9 Å². The standard InChI is InChI=1S/C24H25N5O/c1-15-7-11-21-19(13-15)23(30)27(2)24-26-25-22(29(21)24)14-28(17-9-10-17)20-12-8-16-5-3-4-6-18(16)20/h3-7,11,13,17,20H,8-10,12,14H2,1-2H3. The van der Waals surface area contributed by atoms with Gasteiger partial charge in [0, 0.05) is 19.1 Å². The zero-order chi connectivity index (χ0) is 20.4.